The zero-order chi connectivity index (χ0) is 17.2. The SMILES string of the molecule is CCCCOC(C)c1cc2c(=O)[nH]c(=O)[nH]c2cc1C(F)(F)F. The third-order valence-corrected chi connectivity index (χ3v) is 3.52. The van der Waals surface area contributed by atoms with Gasteiger partial charge in [-0.3, -0.25) is 9.78 Å². The summed E-state index contributed by atoms with van der Waals surface area (Å²) in [5, 5.41) is -0.0152. The first kappa shape index (κ1) is 17.3. The molecule has 0 aliphatic carbocycles. The molecule has 0 saturated heterocycles. The van der Waals surface area contributed by atoms with Crippen molar-refractivity contribution in [1.82, 2.24) is 9.97 Å². The number of hydrogen-bond acceptors (Lipinski definition) is 3. The monoisotopic (exact) mass is 330 g/mol. The van der Waals surface area contributed by atoms with Gasteiger partial charge in [0.25, 0.3) is 5.56 Å². The van der Waals surface area contributed by atoms with Crippen LogP contribution in [0.5, 0.6) is 0 Å². The largest absolute Gasteiger partial charge is 0.416 e. The molecule has 1 aromatic heterocycles. The first-order valence-corrected chi connectivity index (χ1v) is 7.23. The number of nitrogens with one attached hydrogen (secondary N) is 2. The Balaban J connectivity index is 2.61. The lowest BCUT2D eigenvalue weighted by Crippen LogP contribution is -2.23. The van der Waals surface area contributed by atoms with Crippen molar-refractivity contribution in [2.24, 2.45) is 0 Å². The highest BCUT2D eigenvalue weighted by molar-refractivity contribution is 5.79. The summed E-state index contributed by atoms with van der Waals surface area (Å²) < 4.78 is 45.3. The molecule has 0 amide bonds. The minimum Gasteiger partial charge on any atom is -0.374 e. The van der Waals surface area contributed by atoms with Crippen molar-refractivity contribution < 1.29 is 17.9 Å². The molecule has 0 aliphatic rings. The second-order valence-corrected chi connectivity index (χ2v) is 5.26. The zero-order valence-corrected chi connectivity index (χ0v) is 12.7. The lowest BCUT2D eigenvalue weighted by atomic mass is 10.00. The van der Waals surface area contributed by atoms with E-state index in [-0.39, 0.29) is 16.5 Å². The molecule has 1 aromatic carbocycles. The fourth-order valence-corrected chi connectivity index (χ4v) is 2.31. The molecule has 0 bridgehead atoms. The van der Waals surface area contributed by atoms with Crippen molar-refractivity contribution in [1.29, 1.82) is 0 Å². The molecule has 0 spiro atoms. The van der Waals surface area contributed by atoms with Gasteiger partial charge in [-0.2, -0.15) is 13.2 Å². The van der Waals surface area contributed by atoms with Crippen LogP contribution in [-0.4, -0.2) is 16.6 Å². The predicted molar refractivity (Wildman–Crippen MR) is 79.5 cm³/mol. The van der Waals surface area contributed by atoms with E-state index >= 15 is 0 Å². The Morgan fingerprint density at radius 2 is 1.91 bits per heavy atom. The molecule has 0 radical (unpaired) electrons. The molecule has 0 saturated carbocycles. The van der Waals surface area contributed by atoms with Crippen LogP contribution in [0.4, 0.5) is 13.2 Å². The highest BCUT2D eigenvalue weighted by atomic mass is 19.4. The van der Waals surface area contributed by atoms with Gasteiger partial charge >= 0.3 is 11.9 Å². The van der Waals surface area contributed by atoms with E-state index in [0.717, 1.165) is 25.0 Å². The maximum Gasteiger partial charge on any atom is 0.416 e. The van der Waals surface area contributed by atoms with Crippen LogP contribution in [0.25, 0.3) is 10.9 Å². The number of aromatic nitrogens is 2. The van der Waals surface area contributed by atoms with Crippen LogP contribution in [0.2, 0.25) is 0 Å². The second-order valence-electron chi connectivity index (χ2n) is 5.26. The standard InChI is InChI=1S/C15H17F3N2O3/c1-3-4-5-23-8(2)9-6-10-12(7-11(9)15(16,17)18)19-14(22)20-13(10)21/h6-8H,3-5H2,1-2H3,(H2,19,20,21,22). The van der Waals surface area contributed by atoms with E-state index in [1.807, 2.05) is 11.9 Å². The Bertz CT molecular complexity index is 808. The van der Waals surface area contributed by atoms with Gasteiger partial charge in [0.15, 0.2) is 0 Å². The molecule has 1 heterocycles. The summed E-state index contributed by atoms with van der Waals surface area (Å²) in [6.45, 7) is 3.78. The summed E-state index contributed by atoms with van der Waals surface area (Å²) in [5.41, 5.74) is -2.79. The molecule has 0 fully saturated rings. The number of halogens is 3. The highest BCUT2D eigenvalue weighted by Gasteiger charge is 2.35. The minimum atomic E-state index is -4.62. The molecular weight excluding hydrogens is 313 g/mol. The van der Waals surface area contributed by atoms with Gasteiger partial charge in [-0.1, -0.05) is 13.3 Å². The number of alkyl halides is 3. The van der Waals surface area contributed by atoms with Crippen LogP contribution in [0.1, 0.15) is 43.9 Å². The molecule has 2 aromatic rings. The van der Waals surface area contributed by atoms with Crippen molar-refractivity contribution in [3.8, 4) is 0 Å². The van der Waals surface area contributed by atoms with Gasteiger partial charge in [-0.15, -0.1) is 0 Å². The third kappa shape index (κ3) is 3.82. The Kier molecular flexibility index (Phi) is 4.93. The van der Waals surface area contributed by atoms with Gasteiger partial charge in [0, 0.05) is 6.61 Å². The number of aromatic amines is 2. The maximum absolute atomic E-state index is 13.3. The summed E-state index contributed by atoms with van der Waals surface area (Å²) >= 11 is 0. The van der Waals surface area contributed by atoms with E-state index in [1.54, 1.807) is 0 Å². The van der Waals surface area contributed by atoms with Crippen LogP contribution >= 0.6 is 0 Å². The lowest BCUT2D eigenvalue weighted by molar-refractivity contribution is -0.139. The average molecular weight is 330 g/mol. The molecule has 1 atom stereocenters. The van der Waals surface area contributed by atoms with E-state index in [0.29, 0.717) is 6.61 Å². The summed E-state index contributed by atoms with van der Waals surface area (Å²) in [4.78, 5) is 27.3. The summed E-state index contributed by atoms with van der Waals surface area (Å²) in [6.07, 6.45) is -3.86. The molecule has 2 N–H and O–H groups in total. The summed E-state index contributed by atoms with van der Waals surface area (Å²) in [5.74, 6) is 0. The van der Waals surface area contributed by atoms with Crippen LogP contribution in [0, 0.1) is 0 Å². The third-order valence-electron chi connectivity index (χ3n) is 3.52. The lowest BCUT2D eigenvalue weighted by Gasteiger charge is -2.19. The number of unbranched alkanes of at least 4 members (excludes halogenated alkanes) is 1. The van der Waals surface area contributed by atoms with Crippen LogP contribution < -0.4 is 11.2 Å². The van der Waals surface area contributed by atoms with Crippen molar-refractivity contribution in [3.05, 3.63) is 44.1 Å². The van der Waals surface area contributed by atoms with Gasteiger partial charge in [-0.25, -0.2) is 4.79 Å². The molecule has 1 unspecified atom stereocenters. The number of fused-ring (bicyclic) bond motifs is 1. The Labute approximate surface area is 129 Å². The van der Waals surface area contributed by atoms with Gasteiger partial charge in [0.2, 0.25) is 0 Å². The smallest absolute Gasteiger partial charge is 0.374 e. The predicted octanol–water partition coefficient (Wildman–Crippen LogP) is 3.11. The van der Waals surface area contributed by atoms with Crippen molar-refractivity contribution >= 4 is 10.9 Å². The molecule has 23 heavy (non-hydrogen) atoms. The van der Waals surface area contributed by atoms with Crippen molar-refractivity contribution in [3.63, 3.8) is 0 Å². The van der Waals surface area contributed by atoms with Crippen molar-refractivity contribution in [2.75, 3.05) is 6.61 Å². The first-order valence-electron chi connectivity index (χ1n) is 7.23. The van der Waals surface area contributed by atoms with Crippen LogP contribution in [0.15, 0.2) is 21.7 Å². The van der Waals surface area contributed by atoms with Crippen molar-refractivity contribution in [2.45, 2.75) is 39.0 Å². The summed E-state index contributed by atoms with van der Waals surface area (Å²) in [6, 6.07) is 1.91. The fourth-order valence-electron chi connectivity index (χ4n) is 2.31. The number of ether oxygens (including phenoxy) is 1. The molecule has 8 heteroatoms. The van der Waals surface area contributed by atoms with E-state index in [9.17, 15) is 22.8 Å². The second kappa shape index (κ2) is 6.57. The van der Waals surface area contributed by atoms with Gasteiger partial charge < -0.3 is 9.72 Å². The zero-order valence-electron chi connectivity index (χ0n) is 12.7. The quantitative estimate of drug-likeness (QED) is 0.827. The number of benzene rings is 1. The normalized spacial score (nSPS) is 13.4. The number of rotatable bonds is 5. The Morgan fingerprint density at radius 1 is 1.22 bits per heavy atom. The Morgan fingerprint density at radius 3 is 2.52 bits per heavy atom. The van der Waals surface area contributed by atoms with Gasteiger partial charge in [0.05, 0.1) is 22.6 Å². The van der Waals surface area contributed by atoms with E-state index in [2.05, 4.69) is 4.98 Å². The molecule has 0 aliphatic heterocycles. The van der Waals surface area contributed by atoms with Crippen LogP contribution in [0.3, 0.4) is 0 Å². The van der Waals surface area contributed by atoms with Crippen LogP contribution in [-0.2, 0) is 10.9 Å². The maximum atomic E-state index is 13.3. The molecule has 2 rings (SSSR count). The van der Waals surface area contributed by atoms with E-state index in [1.165, 1.54) is 6.92 Å². The Hall–Kier alpha value is -2.09. The number of hydrogen-bond donors (Lipinski definition) is 2. The van der Waals surface area contributed by atoms with E-state index in [4.69, 9.17) is 4.74 Å². The topological polar surface area (TPSA) is 75.0 Å². The number of H-pyrrole nitrogens is 2. The molecular formula is C15H17F3N2O3. The fraction of sp³-hybridized carbons (Fsp3) is 0.467. The average Bonchev–Trinajstić information content (AvgIpc) is 2.45. The summed E-state index contributed by atoms with van der Waals surface area (Å²) in [7, 11) is 0. The minimum absolute atomic E-state index is 0.0152. The molecule has 5 nitrogen and oxygen atoms in total. The highest BCUT2D eigenvalue weighted by Crippen LogP contribution is 2.37. The molecule has 126 valence electrons. The van der Waals surface area contributed by atoms with E-state index < -0.39 is 29.1 Å². The van der Waals surface area contributed by atoms with Gasteiger partial charge in [-0.05, 0) is 31.0 Å². The van der Waals surface area contributed by atoms with Gasteiger partial charge in [0.1, 0.15) is 0 Å². The first-order chi connectivity index (χ1) is 10.7.